The molecule has 0 saturated carbocycles. The van der Waals surface area contributed by atoms with Gasteiger partial charge in [0.2, 0.25) is 0 Å². The molecule has 1 aromatic carbocycles. The van der Waals surface area contributed by atoms with E-state index in [1.165, 1.54) is 6.33 Å². The highest BCUT2D eigenvalue weighted by Gasteiger charge is 2.54. The minimum atomic E-state index is -0.869. The van der Waals surface area contributed by atoms with E-state index in [4.69, 9.17) is 4.74 Å². The van der Waals surface area contributed by atoms with Gasteiger partial charge in [-0.25, -0.2) is 9.97 Å². The van der Waals surface area contributed by atoms with Gasteiger partial charge >= 0.3 is 5.97 Å². The summed E-state index contributed by atoms with van der Waals surface area (Å²) in [5, 5.41) is 10.2. The van der Waals surface area contributed by atoms with Gasteiger partial charge in [0, 0.05) is 30.8 Å². The van der Waals surface area contributed by atoms with E-state index in [1.807, 2.05) is 30.5 Å². The van der Waals surface area contributed by atoms with Crippen LogP contribution < -0.4 is 9.64 Å². The van der Waals surface area contributed by atoms with Gasteiger partial charge in [0.15, 0.2) is 0 Å². The van der Waals surface area contributed by atoms with Crippen LogP contribution in [0.15, 0.2) is 36.8 Å². The lowest BCUT2D eigenvalue weighted by atomic mass is 9.74. The third-order valence-corrected chi connectivity index (χ3v) is 5.68. The smallest absolute Gasteiger partial charge is 0.312 e. The number of aliphatic carboxylic acids is 1. The Hall–Kier alpha value is -2.63. The van der Waals surface area contributed by atoms with Crippen LogP contribution in [0.25, 0.3) is 0 Å². The molecule has 2 atom stereocenters. The van der Waals surface area contributed by atoms with Crippen molar-refractivity contribution >= 4 is 11.8 Å². The lowest BCUT2D eigenvalue weighted by Gasteiger charge is -2.28. The number of carboxylic acids is 1. The summed E-state index contributed by atoms with van der Waals surface area (Å²) >= 11 is 0. The summed E-state index contributed by atoms with van der Waals surface area (Å²) in [6.07, 6.45) is 3.84. The maximum Gasteiger partial charge on any atom is 0.312 e. The Morgan fingerprint density at radius 3 is 2.96 bits per heavy atom. The number of hydrogen-bond acceptors (Lipinski definition) is 5. The lowest BCUT2D eigenvalue weighted by molar-refractivity contribution is -0.150. The molecule has 0 aliphatic carbocycles. The topological polar surface area (TPSA) is 75.5 Å². The molecule has 6 heteroatoms. The highest BCUT2D eigenvalue weighted by atomic mass is 16.5. The van der Waals surface area contributed by atoms with Crippen molar-refractivity contribution in [1.82, 2.24) is 9.97 Å². The van der Waals surface area contributed by atoms with Gasteiger partial charge in [0.25, 0.3) is 0 Å². The fourth-order valence-electron chi connectivity index (χ4n) is 4.19. The van der Waals surface area contributed by atoms with E-state index in [-0.39, 0.29) is 11.8 Å². The maximum absolute atomic E-state index is 12.4. The summed E-state index contributed by atoms with van der Waals surface area (Å²) in [6.45, 7) is 5.66. The van der Waals surface area contributed by atoms with Gasteiger partial charge < -0.3 is 14.7 Å². The Bertz CT molecular complexity index is 839. The molecule has 6 nitrogen and oxygen atoms in total. The van der Waals surface area contributed by atoms with Gasteiger partial charge in [-0.3, -0.25) is 4.79 Å². The summed E-state index contributed by atoms with van der Waals surface area (Å²) < 4.78 is 5.98. The number of aromatic nitrogens is 2. The number of hydrogen-bond donors (Lipinski definition) is 1. The summed E-state index contributed by atoms with van der Waals surface area (Å²) in [6, 6.07) is 7.75. The first-order chi connectivity index (χ1) is 12.5. The fraction of sp³-hybridized carbons (Fsp3) is 0.450. The van der Waals surface area contributed by atoms with Crippen LogP contribution >= 0.6 is 0 Å². The molecule has 136 valence electrons. The van der Waals surface area contributed by atoms with E-state index in [0.717, 1.165) is 22.7 Å². The first-order valence-corrected chi connectivity index (χ1v) is 9.00. The second-order valence-electron chi connectivity index (χ2n) is 7.59. The van der Waals surface area contributed by atoms with Crippen LogP contribution in [-0.2, 0) is 11.2 Å². The summed E-state index contributed by atoms with van der Waals surface area (Å²) in [7, 11) is 0. The third-order valence-electron chi connectivity index (χ3n) is 5.68. The SMILES string of the molecule is CC(C)c1cncnc1N1C[C@H]2COc3ccccc3C[C@@]2(C(=O)O)C1. The van der Waals surface area contributed by atoms with E-state index >= 15 is 0 Å². The average molecular weight is 353 g/mol. The highest BCUT2D eigenvalue weighted by molar-refractivity contribution is 5.78. The molecule has 0 radical (unpaired) electrons. The molecule has 26 heavy (non-hydrogen) atoms. The number of carboxylic acid groups (broad SMARTS) is 1. The summed E-state index contributed by atoms with van der Waals surface area (Å²) in [5.41, 5.74) is 1.14. The molecule has 0 unspecified atom stereocenters. The Balaban J connectivity index is 1.73. The minimum absolute atomic E-state index is 0.0950. The van der Waals surface area contributed by atoms with Crippen LogP contribution in [0.5, 0.6) is 5.75 Å². The van der Waals surface area contributed by atoms with Gasteiger partial charge in [-0.05, 0) is 24.0 Å². The molecule has 2 aliphatic heterocycles. The molecule has 1 N–H and O–H groups in total. The number of para-hydroxylation sites is 1. The van der Waals surface area contributed by atoms with Crippen molar-refractivity contribution < 1.29 is 14.6 Å². The average Bonchev–Trinajstić information content (AvgIpc) is 2.93. The molecular formula is C20H23N3O3. The van der Waals surface area contributed by atoms with Gasteiger partial charge in [-0.15, -0.1) is 0 Å². The standard InChI is InChI=1S/C20H23N3O3/c1-13(2)16-8-21-12-22-18(16)23-9-15-10-26-17-6-4-3-5-14(17)7-20(15,11-23)19(24)25/h3-6,8,12-13,15H,7,9-11H2,1-2H3,(H,24,25)/t15-,20+/m0/s1. The van der Waals surface area contributed by atoms with Crippen molar-refractivity contribution in [2.45, 2.75) is 26.2 Å². The predicted octanol–water partition coefficient (Wildman–Crippen LogP) is 2.74. The van der Waals surface area contributed by atoms with Gasteiger partial charge in [-0.1, -0.05) is 32.0 Å². The van der Waals surface area contributed by atoms with E-state index in [9.17, 15) is 9.90 Å². The van der Waals surface area contributed by atoms with Crippen molar-refractivity contribution in [2.75, 3.05) is 24.6 Å². The molecular weight excluding hydrogens is 330 g/mol. The van der Waals surface area contributed by atoms with Crippen molar-refractivity contribution in [3.8, 4) is 5.75 Å². The molecule has 4 rings (SSSR count). The lowest BCUT2D eigenvalue weighted by Crippen LogP contribution is -2.42. The molecule has 1 saturated heterocycles. The monoisotopic (exact) mass is 353 g/mol. The van der Waals surface area contributed by atoms with Crippen molar-refractivity contribution in [3.63, 3.8) is 0 Å². The maximum atomic E-state index is 12.4. The Labute approximate surface area is 152 Å². The van der Waals surface area contributed by atoms with Gasteiger partial charge in [-0.2, -0.15) is 0 Å². The molecule has 0 bridgehead atoms. The number of nitrogens with zero attached hydrogens (tertiary/aromatic N) is 3. The van der Waals surface area contributed by atoms with Crippen molar-refractivity contribution in [2.24, 2.45) is 11.3 Å². The fourth-order valence-corrected chi connectivity index (χ4v) is 4.19. The van der Waals surface area contributed by atoms with Crippen molar-refractivity contribution in [3.05, 3.63) is 47.9 Å². The highest BCUT2D eigenvalue weighted by Crippen LogP contribution is 2.45. The minimum Gasteiger partial charge on any atom is -0.493 e. The molecule has 0 spiro atoms. The predicted molar refractivity (Wildman–Crippen MR) is 97.5 cm³/mol. The second-order valence-corrected chi connectivity index (χ2v) is 7.59. The van der Waals surface area contributed by atoms with E-state index in [0.29, 0.717) is 26.1 Å². The number of rotatable bonds is 3. The van der Waals surface area contributed by atoms with Gasteiger partial charge in [0.1, 0.15) is 17.9 Å². The third kappa shape index (κ3) is 2.60. The van der Waals surface area contributed by atoms with E-state index in [1.54, 1.807) is 0 Å². The van der Waals surface area contributed by atoms with Crippen LogP contribution in [0, 0.1) is 11.3 Å². The van der Waals surface area contributed by atoms with Crippen LogP contribution in [-0.4, -0.2) is 40.7 Å². The quantitative estimate of drug-likeness (QED) is 0.914. The zero-order valence-corrected chi connectivity index (χ0v) is 15.1. The van der Waals surface area contributed by atoms with E-state index < -0.39 is 11.4 Å². The molecule has 2 aromatic rings. The molecule has 0 amide bonds. The van der Waals surface area contributed by atoms with Crippen LogP contribution in [0.4, 0.5) is 5.82 Å². The summed E-state index contributed by atoms with van der Waals surface area (Å²) in [4.78, 5) is 23.1. The van der Waals surface area contributed by atoms with E-state index in [2.05, 4.69) is 28.7 Å². The van der Waals surface area contributed by atoms with Crippen LogP contribution in [0.2, 0.25) is 0 Å². The normalized spacial score (nSPS) is 24.6. The van der Waals surface area contributed by atoms with Gasteiger partial charge in [0.05, 0.1) is 12.0 Å². The zero-order valence-electron chi connectivity index (χ0n) is 15.1. The number of fused-ring (bicyclic) bond motifs is 2. The molecule has 3 heterocycles. The number of carbonyl (C=O) groups is 1. The Kier molecular flexibility index (Phi) is 4.05. The first-order valence-electron chi connectivity index (χ1n) is 9.00. The Morgan fingerprint density at radius 2 is 2.19 bits per heavy atom. The van der Waals surface area contributed by atoms with Crippen LogP contribution in [0.1, 0.15) is 30.9 Å². The number of anilines is 1. The Morgan fingerprint density at radius 1 is 1.38 bits per heavy atom. The largest absolute Gasteiger partial charge is 0.493 e. The second kappa shape index (κ2) is 6.27. The number of ether oxygens (including phenoxy) is 1. The molecule has 2 aliphatic rings. The number of benzene rings is 1. The first kappa shape index (κ1) is 16.8. The molecule has 1 aromatic heterocycles. The molecule has 1 fully saturated rings. The summed E-state index contributed by atoms with van der Waals surface area (Å²) in [5.74, 6) is 1.07. The van der Waals surface area contributed by atoms with Crippen molar-refractivity contribution in [1.29, 1.82) is 0 Å². The zero-order chi connectivity index (χ0) is 18.3. The van der Waals surface area contributed by atoms with Crippen LogP contribution in [0.3, 0.4) is 0 Å².